The molecule has 33 heavy (non-hydrogen) atoms. The number of nitrogens with zero attached hydrogens (tertiary/aromatic N) is 3. The lowest BCUT2D eigenvalue weighted by Gasteiger charge is -2.30. The number of hydrogen-bond acceptors (Lipinski definition) is 4. The van der Waals surface area contributed by atoms with Crippen LogP contribution in [0.4, 0.5) is 4.39 Å². The van der Waals surface area contributed by atoms with Gasteiger partial charge in [0.05, 0.1) is 22.7 Å². The topological polar surface area (TPSA) is 64.4 Å². The van der Waals surface area contributed by atoms with Crippen molar-refractivity contribution in [3.8, 4) is 5.69 Å². The van der Waals surface area contributed by atoms with Crippen molar-refractivity contribution in [2.75, 3.05) is 26.3 Å². The van der Waals surface area contributed by atoms with Gasteiger partial charge >= 0.3 is 0 Å². The number of aryl methyl sites for hydroxylation is 1. The summed E-state index contributed by atoms with van der Waals surface area (Å²) in [5, 5.41) is 5.24. The Hall–Kier alpha value is -2.29. The molecular weight excluding hydrogens is 441 g/mol. The van der Waals surface area contributed by atoms with Gasteiger partial charge in [0.15, 0.2) is 0 Å². The third kappa shape index (κ3) is 3.11. The van der Waals surface area contributed by atoms with Crippen molar-refractivity contribution >= 4 is 20.9 Å². The van der Waals surface area contributed by atoms with Crippen LogP contribution < -0.4 is 0 Å². The normalized spacial score (nSPS) is 28.3. The lowest BCUT2D eigenvalue weighted by atomic mass is 9.88. The highest BCUT2D eigenvalue weighted by Gasteiger charge is 2.69. The number of benzene rings is 2. The van der Waals surface area contributed by atoms with Crippen LogP contribution in [0.5, 0.6) is 0 Å². The third-order valence-corrected chi connectivity index (χ3v) is 10.6. The van der Waals surface area contributed by atoms with Crippen molar-refractivity contribution < 1.29 is 17.5 Å². The Kier molecular flexibility index (Phi) is 4.74. The second-order valence-corrected chi connectivity index (χ2v) is 12.1. The standard InChI is InChI=1S/C25H28FN3O3S/c1-16-11-24-18(13-27-29(24)20-5-3-19(26)4-6-20)12-22(16)25-15-28(14-23(25)17(25)2)33(30,31)21-7-9-32-10-8-21/h3-6,11-13,17,21,23H,7-10,14-15H2,1-2H3/t17-,23-,25+/m1/s1. The molecule has 3 aromatic rings. The molecular formula is C25H28FN3O3S. The van der Waals surface area contributed by atoms with Crippen molar-refractivity contribution in [2.45, 2.75) is 37.4 Å². The Labute approximate surface area is 193 Å². The summed E-state index contributed by atoms with van der Waals surface area (Å²) >= 11 is 0. The Bertz CT molecular complexity index is 1330. The Morgan fingerprint density at radius 2 is 1.88 bits per heavy atom. The molecule has 3 heterocycles. The van der Waals surface area contributed by atoms with Gasteiger partial charge < -0.3 is 4.74 Å². The number of aromatic nitrogens is 2. The minimum atomic E-state index is -3.32. The first kappa shape index (κ1) is 21.3. The minimum Gasteiger partial charge on any atom is -0.381 e. The summed E-state index contributed by atoms with van der Waals surface area (Å²) in [5.41, 5.74) is 4.02. The van der Waals surface area contributed by atoms with Crippen molar-refractivity contribution in [1.29, 1.82) is 0 Å². The predicted octanol–water partition coefficient (Wildman–Crippen LogP) is 3.80. The molecule has 0 unspecified atom stereocenters. The summed E-state index contributed by atoms with van der Waals surface area (Å²) in [5.74, 6) is 0.514. The summed E-state index contributed by atoms with van der Waals surface area (Å²) in [6.07, 6.45) is 3.00. The van der Waals surface area contributed by atoms with E-state index in [0.29, 0.717) is 51.0 Å². The van der Waals surface area contributed by atoms with E-state index < -0.39 is 10.0 Å². The highest BCUT2D eigenvalue weighted by molar-refractivity contribution is 7.89. The highest BCUT2D eigenvalue weighted by atomic mass is 32.2. The van der Waals surface area contributed by atoms with Crippen LogP contribution in [-0.2, 0) is 20.2 Å². The lowest BCUT2D eigenvalue weighted by molar-refractivity contribution is 0.0972. The van der Waals surface area contributed by atoms with E-state index in [2.05, 4.69) is 31.1 Å². The molecule has 0 N–H and O–H groups in total. The van der Waals surface area contributed by atoms with Gasteiger partial charge in [-0.05, 0) is 79.1 Å². The zero-order valence-corrected chi connectivity index (χ0v) is 19.7. The van der Waals surface area contributed by atoms with E-state index in [1.165, 1.54) is 17.7 Å². The second-order valence-electron chi connectivity index (χ2n) is 9.84. The maximum atomic E-state index is 13.4. The zero-order valence-electron chi connectivity index (χ0n) is 18.9. The molecule has 0 radical (unpaired) electrons. The smallest absolute Gasteiger partial charge is 0.217 e. The number of ether oxygens (including phenoxy) is 1. The fourth-order valence-corrected chi connectivity index (χ4v) is 8.23. The van der Waals surface area contributed by atoms with Crippen molar-refractivity contribution in [3.05, 3.63) is 59.5 Å². The predicted molar refractivity (Wildman–Crippen MR) is 124 cm³/mol. The summed E-state index contributed by atoms with van der Waals surface area (Å²) < 4.78 is 49.0. The molecule has 3 fully saturated rings. The summed E-state index contributed by atoms with van der Waals surface area (Å²) in [6.45, 7) is 6.55. The Morgan fingerprint density at radius 3 is 2.61 bits per heavy atom. The number of rotatable bonds is 4. The summed E-state index contributed by atoms with van der Waals surface area (Å²) in [6, 6.07) is 10.6. The van der Waals surface area contributed by atoms with Crippen molar-refractivity contribution in [1.82, 2.24) is 14.1 Å². The van der Waals surface area contributed by atoms with Gasteiger partial charge in [-0.1, -0.05) is 6.92 Å². The number of fused-ring (bicyclic) bond motifs is 2. The largest absolute Gasteiger partial charge is 0.381 e. The molecule has 0 spiro atoms. The Morgan fingerprint density at radius 1 is 1.15 bits per heavy atom. The molecule has 2 saturated heterocycles. The molecule has 6 nitrogen and oxygen atoms in total. The summed E-state index contributed by atoms with van der Waals surface area (Å²) in [7, 11) is -3.32. The van der Waals surface area contributed by atoms with Crippen LogP contribution in [0.25, 0.3) is 16.6 Å². The maximum absolute atomic E-state index is 13.4. The fourth-order valence-electron chi connectivity index (χ4n) is 6.26. The first-order valence-electron chi connectivity index (χ1n) is 11.6. The minimum absolute atomic E-state index is 0.130. The van der Waals surface area contributed by atoms with Gasteiger partial charge in [0.2, 0.25) is 10.0 Å². The number of piperidine rings is 1. The average molecular weight is 470 g/mol. The molecule has 0 amide bonds. The van der Waals surface area contributed by atoms with Crippen LogP contribution in [0.15, 0.2) is 42.6 Å². The van der Waals surface area contributed by atoms with E-state index in [-0.39, 0.29) is 16.5 Å². The molecule has 2 aliphatic heterocycles. The van der Waals surface area contributed by atoms with Crippen molar-refractivity contribution in [2.24, 2.45) is 11.8 Å². The van der Waals surface area contributed by atoms with E-state index in [1.807, 2.05) is 10.9 Å². The van der Waals surface area contributed by atoms with Gasteiger partial charge in [0, 0.05) is 37.1 Å². The SMILES string of the molecule is Cc1cc2c(cnn2-c2ccc(F)cc2)cc1[C@@]12CN(S(=O)(=O)C3CCOCC3)C[C@@H]1[C@H]2C. The molecule has 6 rings (SSSR count). The van der Waals surface area contributed by atoms with Gasteiger partial charge in [0.25, 0.3) is 0 Å². The average Bonchev–Trinajstić information content (AvgIpc) is 3.17. The van der Waals surface area contributed by atoms with Crippen LogP contribution in [0.2, 0.25) is 0 Å². The van der Waals surface area contributed by atoms with E-state index >= 15 is 0 Å². The molecule has 1 aliphatic carbocycles. The van der Waals surface area contributed by atoms with Gasteiger partial charge in [-0.2, -0.15) is 5.10 Å². The summed E-state index contributed by atoms with van der Waals surface area (Å²) in [4.78, 5) is 0. The van der Waals surface area contributed by atoms with Gasteiger partial charge in [-0.25, -0.2) is 21.8 Å². The fraction of sp³-hybridized carbons (Fsp3) is 0.480. The van der Waals surface area contributed by atoms with E-state index in [9.17, 15) is 12.8 Å². The Balaban J connectivity index is 1.35. The lowest BCUT2D eigenvalue weighted by Crippen LogP contribution is -2.42. The van der Waals surface area contributed by atoms with Crippen LogP contribution in [0.3, 0.4) is 0 Å². The van der Waals surface area contributed by atoms with Crippen LogP contribution in [0.1, 0.15) is 30.9 Å². The highest BCUT2D eigenvalue weighted by Crippen LogP contribution is 2.65. The molecule has 0 bridgehead atoms. The van der Waals surface area contributed by atoms with Gasteiger partial charge in [-0.3, -0.25) is 0 Å². The monoisotopic (exact) mass is 469 g/mol. The molecule has 174 valence electrons. The number of sulfonamides is 1. The number of halogens is 1. The molecule has 2 aromatic carbocycles. The van der Waals surface area contributed by atoms with E-state index in [1.54, 1.807) is 16.4 Å². The zero-order chi connectivity index (χ0) is 23.0. The third-order valence-electron chi connectivity index (χ3n) is 8.24. The molecule has 3 aliphatic rings. The first-order chi connectivity index (χ1) is 15.8. The van der Waals surface area contributed by atoms with Gasteiger partial charge in [0.1, 0.15) is 5.82 Å². The van der Waals surface area contributed by atoms with Crippen molar-refractivity contribution in [3.63, 3.8) is 0 Å². The van der Waals surface area contributed by atoms with E-state index in [0.717, 1.165) is 22.2 Å². The number of hydrogen-bond donors (Lipinski definition) is 0. The first-order valence-corrected chi connectivity index (χ1v) is 13.1. The second kappa shape index (κ2) is 7.35. The quantitative estimate of drug-likeness (QED) is 0.583. The molecule has 1 aromatic heterocycles. The van der Waals surface area contributed by atoms with Crippen LogP contribution in [-0.4, -0.2) is 54.1 Å². The maximum Gasteiger partial charge on any atom is 0.217 e. The van der Waals surface area contributed by atoms with E-state index in [4.69, 9.17) is 4.74 Å². The van der Waals surface area contributed by atoms with Crippen LogP contribution in [0, 0.1) is 24.6 Å². The molecule has 1 saturated carbocycles. The molecule has 8 heteroatoms. The molecule has 3 atom stereocenters. The van der Waals surface area contributed by atoms with Gasteiger partial charge in [-0.15, -0.1) is 0 Å². The van der Waals surface area contributed by atoms with Crippen LogP contribution >= 0.6 is 0 Å².